The molecule has 39 heavy (non-hydrogen) atoms. The Balaban J connectivity index is 1.80. The Morgan fingerprint density at radius 1 is 1.13 bits per heavy atom. The first-order valence-electron chi connectivity index (χ1n) is 12.3. The number of hydrogen-bond acceptors (Lipinski definition) is 8. The van der Waals surface area contributed by atoms with Crippen LogP contribution in [-0.2, 0) is 12.6 Å². The van der Waals surface area contributed by atoms with Gasteiger partial charge in [0.25, 0.3) is 5.56 Å². The predicted octanol–water partition coefficient (Wildman–Crippen LogP) is 3.39. The minimum absolute atomic E-state index is 0.106. The lowest BCUT2D eigenvalue weighted by Crippen LogP contribution is -2.32. The Bertz CT molecular complexity index is 1490. The van der Waals surface area contributed by atoms with Crippen molar-refractivity contribution < 1.29 is 27.8 Å². The summed E-state index contributed by atoms with van der Waals surface area (Å²) < 4.78 is 54.3. The summed E-state index contributed by atoms with van der Waals surface area (Å²) in [6.07, 6.45) is -4.50. The number of nitrogens with zero attached hydrogens (tertiary/aromatic N) is 5. The summed E-state index contributed by atoms with van der Waals surface area (Å²) in [7, 11) is 2.95. The Hall–Kier alpha value is -4.24. The minimum atomic E-state index is -4.77. The van der Waals surface area contributed by atoms with Gasteiger partial charge in [0.1, 0.15) is 23.7 Å². The monoisotopic (exact) mass is 541 g/mol. The zero-order chi connectivity index (χ0) is 27.9. The highest BCUT2D eigenvalue weighted by molar-refractivity contribution is 5.75. The Morgan fingerprint density at radius 2 is 1.85 bits per heavy atom. The standard InChI is InChI=1S/C27H26F3N5O4/c1-38-19-11-16(12-20(14-19)39-2)24-21-6-9-33(10-7-31)25(21)26(37)35(32-24)23-13-17(34-8-5-18(36)15-34)3-4-22(23)27(28,29)30/h3-4,11-14,18,36H,5-6,8-10,15H2,1-2H3. The molecule has 2 aliphatic rings. The van der Waals surface area contributed by atoms with Crippen molar-refractivity contribution in [2.45, 2.75) is 25.1 Å². The first-order chi connectivity index (χ1) is 18.6. The first-order valence-corrected chi connectivity index (χ1v) is 12.3. The summed E-state index contributed by atoms with van der Waals surface area (Å²) >= 11 is 0. The number of β-amino-alcohol motifs (C(OH)–C–C–N with tert-alkyl or cyclic N) is 1. The fraction of sp³-hybridized carbons (Fsp3) is 0.370. The van der Waals surface area contributed by atoms with Crippen molar-refractivity contribution in [1.29, 1.82) is 5.26 Å². The van der Waals surface area contributed by atoms with Crippen molar-refractivity contribution in [1.82, 2.24) is 9.78 Å². The number of benzene rings is 2. The van der Waals surface area contributed by atoms with Crippen LogP contribution in [0, 0.1) is 11.3 Å². The SMILES string of the molecule is COc1cc(OC)cc(-c2nn(-c3cc(N4CCC(O)C4)ccc3C(F)(F)F)c(=O)c3c2CCN3CC#N)c1. The molecule has 0 bridgehead atoms. The molecule has 3 aromatic rings. The van der Waals surface area contributed by atoms with Crippen LogP contribution in [0.4, 0.5) is 24.5 Å². The Kier molecular flexibility index (Phi) is 6.86. The number of halogens is 3. The molecule has 0 radical (unpaired) electrons. The number of aliphatic hydroxyl groups excluding tert-OH is 1. The van der Waals surface area contributed by atoms with Gasteiger partial charge in [-0.2, -0.15) is 28.2 Å². The average Bonchev–Trinajstić information content (AvgIpc) is 3.55. The lowest BCUT2D eigenvalue weighted by atomic mass is 10.0. The lowest BCUT2D eigenvalue weighted by molar-refractivity contribution is -0.137. The molecule has 1 atom stereocenters. The predicted molar refractivity (Wildman–Crippen MR) is 138 cm³/mol. The number of ether oxygens (including phenoxy) is 2. The highest BCUT2D eigenvalue weighted by Gasteiger charge is 2.37. The molecule has 1 unspecified atom stereocenters. The van der Waals surface area contributed by atoms with E-state index in [1.165, 1.54) is 26.4 Å². The third-order valence-corrected chi connectivity index (χ3v) is 7.04. The summed E-state index contributed by atoms with van der Waals surface area (Å²) in [5, 5.41) is 23.8. The summed E-state index contributed by atoms with van der Waals surface area (Å²) in [4.78, 5) is 17.1. The number of nitriles is 1. The molecule has 0 aliphatic carbocycles. The van der Waals surface area contributed by atoms with Crippen LogP contribution in [0.3, 0.4) is 0 Å². The van der Waals surface area contributed by atoms with E-state index >= 15 is 0 Å². The lowest BCUT2D eigenvalue weighted by Gasteiger charge is -2.23. The van der Waals surface area contributed by atoms with Gasteiger partial charge in [0.05, 0.1) is 43.3 Å². The molecule has 1 fully saturated rings. The molecule has 0 amide bonds. The van der Waals surface area contributed by atoms with Crippen LogP contribution in [0.2, 0.25) is 0 Å². The van der Waals surface area contributed by atoms with Crippen LogP contribution in [0.1, 0.15) is 17.5 Å². The molecule has 1 saturated heterocycles. The van der Waals surface area contributed by atoms with Gasteiger partial charge in [-0.1, -0.05) is 0 Å². The molecule has 1 N–H and O–H groups in total. The molecule has 5 rings (SSSR count). The van der Waals surface area contributed by atoms with Gasteiger partial charge in [0.15, 0.2) is 0 Å². The third-order valence-electron chi connectivity index (χ3n) is 7.04. The van der Waals surface area contributed by atoms with Crippen molar-refractivity contribution >= 4 is 11.4 Å². The maximum atomic E-state index is 14.2. The molecule has 2 aromatic carbocycles. The first kappa shape index (κ1) is 26.4. The maximum absolute atomic E-state index is 14.2. The number of rotatable bonds is 6. The second-order valence-electron chi connectivity index (χ2n) is 9.41. The Morgan fingerprint density at radius 3 is 2.44 bits per heavy atom. The van der Waals surface area contributed by atoms with E-state index in [2.05, 4.69) is 5.10 Å². The second-order valence-corrected chi connectivity index (χ2v) is 9.41. The van der Waals surface area contributed by atoms with Crippen molar-refractivity contribution in [3.63, 3.8) is 0 Å². The van der Waals surface area contributed by atoms with Gasteiger partial charge >= 0.3 is 6.18 Å². The molecule has 9 nitrogen and oxygen atoms in total. The number of alkyl halides is 3. The van der Waals surface area contributed by atoms with Crippen molar-refractivity contribution in [2.75, 3.05) is 50.2 Å². The molecule has 2 aliphatic heterocycles. The van der Waals surface area contributed by atoms with E-state index in [1.807, 2.05) is 6.07 Å². The van der Waals surface area contributed by atoms with E-state index in [0.29, 0.717) is 54.2 Å². The van der Waals surface area contributed by atoms with Gasteiger partial charge in [-0.25, -0.2) is 0 Å². The zero-order valence-corrected chi connectivity index (χ0v) is 21.3. The van der Waals surface area contributed by atoms with Crippen LogP contribution in [0.5, 0.6) is 11.5 Å². The van der Waals surface area contributed by atoms with Gasteiger partial charge in [-0.05, 0) is 43.2 Å². The summed E-state index contributed by atoms with van der Waals surface area (Å²) in [5.74, 6) is 0.880. The van der Waals surface area contributed by atoms with E-state index in [4.69, 9.17) is 9.47 Å². The van der Waals surface area contributed by atoms with Crippen LogP contribution in [0.25, 0.3) is 16.9 Å². The number of hydrogen-bond donors (Lipinski definition) is 1. The summed E-state index contributed by atoms with van der Waals surface area (Å²) in [6.45, 7) is 0.964. The van der Waals surface area contributed by atoms with Gasteiger partial charge in [-0.3, -0.25) is 4.79 Å². The molecule has 12 heteroatoms. The van der Waals surface area contributed by atoms with Crippen LogP contribution >= 0.6 is 0 Å². The molecule has 0 saturated carbocycles. The van der Waals surface area contributed by atoms with E-state index in [9.17, 15) is 28.3 Å². The quantitative estimate of drug-likeness (QED) is 0.474. The normalized spacial score (nSPS) is 16.8. The van der Waals surface area contributed by atoms with Gasteiger partial charge < -0.3 is 24.4 Å². The summed E-state index contributed by atoms with van der Waals surface area (Å²) in [5.41, 5.74) is -0.330. The number of anilines is 2. The van der Waals surface area contributed by atoms with E-state index in [-0.39, 0.29) is 24.5 Å². The number of aliphatic hydroxyl groups is 1. The van der Waals surface area contributed by atoms with Crippen LogP contribution < -0.4 is 24.8 Å². The molecular weight excluding hydrogens is 515 g/mol. The fourth-order valence-electron chi connectivity index (χ4n) is 5.16. The molecule has 0 spiro atoms. The van der Waals surface area contributed by atoms with E-state index < -0.39 is 29.1 Å². The molecular formula is C27H26F3N5O4. The van der Waals surface area contributed by atoms with Crippen molar-refractivity contribution in [2.24, 2.45) is 0 Å². The van der Waals surface area contributed by atoms with Crippen LogP contribution in [0.15, 0.2) is 41.2 Å². The number of aromatic nitrogens is 2. The fourth-order valence-corrected chi connectivity index (χ4v) is 5.16. The Labute approximate surface area is 222 Å². The zero-order valence-electron chi connectivity index (χ0n) is 21.3. The van der Waals surface area contributed by atoms with Crippen molar-refractivity contribution in [3.8, 4) is 34.5 Å². The van der Waals surface area contributed by atoms with E-state index in [0.717, 1.165) is 10.7 Å². The molecule has 204 valence electrons. The van der Waals surface area contributed by atoms with E-state index in [1.54, 1.807) is 28.0 Å². The molecule has 1 aromatic heterocycles. The largest absolute Gasteiger partial charge is 0.497 e. The average molecular weight is 542 g/mol. The van der Waals surface area contributed by atoms with Gasteiger partial charge in [0.2, 0.25) is 0 Å². The third kappa shape index (κ3) is 4.85. The van der Waals surface area contributed by atoms with Gasteiger partial charge in [0, 0.05) is 42.5 Å². The smallest absolute Gasteiger partial charge is 0.418 e. The highest BCUT2D eigenvalue weighted by atomic mass is 19.4. The summed E-state index contributed by atoms with van der Waals surface area (Å²) in [6, 6.07) is 10.5. The van der Waals surface area contributed by atoms with Gasteiger partial charge in [-0.15, -0.1) is 0 Å². The second kappa shape index (κ2) is 10.1. The highest BCUT2D eigenvalue weighted by Crippen LogP contribution is 2.39. The maximum Gasteiger partial charge on any atom is 0.418 e. The molecule has 3 heterocycles. The minimum Gasteiger partial charge on any atom is -0.497 e. The van der Waals surface area contributed by atoms with Crippen LogP contribution in [-0.4, -0.2) is 61.4 Å². The topological polar surface area (TPSA) is 104 Å². The number of fused-ring (bicyclic) bond motifs is 1. The van der Waals surface area contributed by atoms with Crippen molar-refractivity contribution in [3.05, 3.63) is 57.9 Å². The number of methoxy groups -OCH3 is 2.